The molecule has 0 aliphatic carbocycles. The van der Waals surface area contributed by atoms with Gasteiger partial charge in [-0.15, -0.1) is 0 Å². The van der Waals surface area contributed by atoms with Crippen LogP contribution in [0, 0.1) is 0 Å². The quantitative estimate of drug-likeness (QED) is 0.0295. The Morgan fingerprint density at radius 2 is 1.10 bits per heavy atom. The van der Waals surface area contributed by atoms with Crippen molar-refractivity contribution in [3.8, 4) is 0 Å². The van der Waals surface area contributed by atoms with Crippen molar-refractivity contribution in [1.29, 1.82) is 0 Å². The highest BCUT2D eigenvalue weighted by molar-refractivity contribution is 5.72. The van der Waals surface area contributed by atoms with Crippen molar-refractivity contribution in [2.75, 3.05) is 41.0 Å². The van der Waals surface area contributed by atoms with Gasteiger partial charge in [-0.2, -0.15) is 0 Å². The molecule has 8 heteroatoms. The van der Waals surface area contributed by atoms with Crippen LogP contribution in [0.15, 0.2) is 24.3 Å². The summed E-state index contributed by atoms with van der Waals surface area (Å²) in [4.78, 5) is 36.8. The molecule has 0 saturated heterocycles. The van der Waals surface area contributed by atoms with Gasteiger partial charge in [-0.05, 0) is 38.5 Å². The third-order valence-electron chi connectivity index (χ3n) is 9.37. The third-order valence-corrected chi connectivity index (χ3v) is 9.37. The third kappa shape index (κ3) is 33.4. The van der Waals surface area contributed by atoms with E-state index in [9.17, 15) is 19.5 Å². The molecule has 0 aromatic carbocycles. The van der Waals surface area contributed by atoms with Gasteiger partial charge in [-0.25, -0.2) is 4.79 Å². The lowest BCUT2D eigenvalue weighted by Crippen LogP contribution is -2.50. The summed E-state index contributed by atoms with van der Waals surface area (Å²) in [5, 5.41) is 9.59. The fraction of sp³-hybridized carbons (Fsp3) is 0.837. The van der Waals surface area contributed by atoms with Crippen molar-refractivity contribution in [2.45, 2.75) is 193 Å². The van der Waals surface area contributed by atoms with Gasteiger partial charge in [0.1, 0.15) is 6.61 Å². The Balaban J connectivity index is 4.35. The molecule has 2 atom stereocenters. The van der Waals surface area contributed by atoms with E-state index in [0.717, 1.165) is 70.6 Å². The molecule has 2 unspecified atom stereocenters. The molecule has 8 nitrogen and oxygen atoms in total. The molecule has 51 heavy (non-hydrogen) atoms. The van der Waals surface area contributed by atoms with Crippen LogP contribution in [0.1, 0.15) is 181 Å². The van der Waals surface area contributed by atoms with E-state index in [1.807, 2.05) is 21.1 Å². The first-order valence-electron chi connectivity index (χ1n) is 20.9. The summed E-state index contributed by atoms with van der Waals surface area (Å²) in [6, 6.07) is -0.613. The highest BCUT2D eigenvalue weighted by Crippen LogP contribution is 2.15. The molecule has 0 aliphatic heterocycles. The molecule has 0 spiro atoms. The molecule has 0 radical (unpaired) electrons. The summed E-state index contributed by atoms with van der Waals surface area (Å²) in [5.41, 5.74) is 0. The second-order valence-corrected chi connectivity index (χ2v) is 15.2. The van der Waals surface area contributed by atoms with Crippen LogP contribution < -0.4 is 0 Å². The molecule has 0 fully saturated rings. The fourth-order valence-corrected chi connectivity index (χ4v) is 6.13. The van der Waals surface area contributed by atoms with E-state index >= 15 is 0 Å². The van der Waals surface area contributed by atoms with Crippen LogP contribution in [-0.4, -0.2) is 80.6 Å². The number of allylic oxidation sites excluding steroid dienone is 4. The minimum atomic E-state index is -0.877. The molecule has 0 saturated carbocycles. The number of carboxylic acids is 1. The van der Waals surface area contributed by atoms with Crippen molar-refractivity contribution in [3.63, 3.8) is 0 Å². The minimum absolute atomic E-state index is 0.0528. The number of likely N-dealkylation sites (N-methyl/N-ethyl adjacent to an activating group) is 1. The Bertz CT molecular complexity index is 895. The van der Waals surface area contributed by atoms with Crippen LogP contribution >= 0.6 is 0 Å². The molecule has 1 N–H and O–H groups in total. The van der Waals surface area contributed by atoms with Gasteiger partial charge in [-0.1, -0.05) is 147 Å². The molecule has 0 rings (SSSR count). The predicted molar refractivity (Wildman–Crippen MR) is 211 cm³/mol. The first-order valence-corrected chi connectivity index (χ1v) is 20.9. The SMILES string of the molecule is CC/C=C/C/C=C/CCCCCCCC(=O)OC(COCCC(C(=O)O)[N+](C)(C)C)COC(=O)CCCCCCCCCCCCCCCCC. The number of carboxylic acid groups (broad SMARTS) is 1. The average molecular weight is 723 g/mol. The van der Waals surface area contributed by atoms with Gasteiger partial charge < -0.3 is 23.8 Å². The minimum Gasteiger partial charge on any atom is -0.477 e. The standard InChI is InChI=1S/C43H79NO7/c1-6-8-10-12-14-16-18-20-21-22-24-25-27-29-31-33-41(45)50-38-39(37-49-36-35-40(43(47)48)44(3,4)5)51-42(46)34-32-30-28-26-23-19-17-15-13-11-9-7-2/h9,11,15,17,39-40H,6-8,10,12-14,16,18-38H2,1-5H3/p+1/b11-9+,17-15+. The topological polar surface area (TPSA) is 99.1 Å². The fourth-order valence-electron chi connectivity index (χ4n) is 6.13. The van der Waals surface area contributed by atoms with Gasteiger partial charge >= 0.3 is 17.9 Å². The largest absolute Gasteiger partial charge is 0.477 e. The normalized spacial score (nSPS) is 13.2. The molecule has 0 heterocycles. The molecule has 0 amide bonds. The smallest absolute Gasteiger partial charge is 0.362 e. The van der Waals surface area contributed by atoms with Crippen molar-refractivity contribution < 1.29 is 38.2 Å². The lowest BCUT2D eigenvalue weighted by atomic mass is 10.0. The maximum absolute atomic E-state index is 12.7. The summed E-state index contributed by atoms with van der Waals surface area (Å²) in [5.74, 6) is -1.48. The van der Waals surface area contributed by atoms with Gasteiger partial charge in [-0.3, -0.25) is 9.59 Å². The molecular weight excluding hydrogens is 642 g/mol. The van der Waals surface area contributed by atoms with Crippen LogP contribution in [0.5, 0.6) is 0 Å². The number of rotatable bonds is 37. The number of quaternary nitrogens is 1. The van der Waals surface area contributed by atoms with Gasteiger partial charge in [0, 0.05) is 19.3 Å². The van der Waals surface area contributed by atoms with Gasteiger partial charge in [0.2, 0.25) is 0 Å². The van der Waals surface area contributed by atoms with Crippen LogP contribution in [0.3, 0.4) is 0 Å². The number of unbranched alkanes of at least 4 members (excludes halogenated alkanes) is 19. The lowest BCUT2D eigenvalue weighted by Gasteiger charge is -2.31. The summed E-state index contributed by atoms with van der Waals surface area (Å²) < 4.78 is 17.2. The number of aliphatic carboxylic acids is 1. The van der Waals surface area contributed by atoms with Crippen molar-refractivity contribution >= 4 is 17.9 Å². The number of hydrogen-bond acceptors (Lipinski definition) is 6. The zero-order chi connectivity index (χ0) is 37.8. The van der Waals surface area contributed by atoms with E-state index in [0.29, 0.717) is 19.3 Å². The molecule has 0 bridgehead atoms. The Hall–Kier alpha value is -2.19. The number of nitrogens with zero attached hydrogens (tertiary/aromatic N) is 1. The summed E-state index contributed by atoms with van der Waals surface area (Å²) >= 11 is 0. The van der Waals surface area contributed by atoms with Crippen molar-refractivity contribution in [1.82, 2.24) is 0 Å². The van der Waals surface area contributed by atoms with Crippen LogP contribution in [0.25, 0.3) is 0 Å². The van der Waals surface area contributed by atoms with E-state index in [2.05, 4.69) is 38.2 Å². The van der Waals surface area contributed by atoms with Gasteiger partial charge in [0.05, 0.1) is 34.4 Å². The van der Waals surface area contributed by atoms with Crippen LogP contribution in [0.2, 0.25) is 0 Å². The summed E-state index contributed by atoms with van der Waals surface area (Å²) in [6.45, 7) is 4.62. The maximum atomic E-state index is 12.7. The van der Waals surface area contributed by atoms with Crippen molar-refractivity contribution in [3.05, 3.63) is 24.3 Å². The first-order chi connectivity index (χ1) is 24.6. The zero-order valence-corrected chi connectivity index (χ0v) is 33.8. The summed E-state index contributed by atoms with van der Waals surface area (Å²) in [6.07, 6.45) is 36.5. The highest BCUT2D eigenvalue weighted by Gasteiger charge is 2.31. The number of carbonyl (C=O) groups excluding carboxylic acids is 2. The van der Waals surface area contributed by atoms with E-state index in [4.69, 9.17) is 14.2 Å². The second kappa shape index (κ2) is 34.9. The molecule has 298 valence electrons. The molecule has 0 aliphatic rings. The number of ether oxygens (including phenoxy) is 3. The van der Waals surface area contributed by atoms with Gasteiger partial charge in [0.15, 0.2) is 12.1 Å². The predicted octanol–water partition coefficient (Wildman–Crippen LogP) is 10.9. The maximum Gasteiger partial charge on any atom is 0.362 e. The van der Waals surface area contributed by atoms with Crippen molar-refractivity contribution in [2.24, 2.45) is 0 Å². The molecule has 0 aromatic heterocycles. The Morgan fingerprint density at radius 3 is 1.61 bits per heavy atom. The summed E-state index contributed by atoms with van der Waals surface area (Å²) in [7, 11) is 5.52. The average Bonchev–Trinajstić information content (AvgIpc) is 3.08. The first kappa shape index (κ1) is 48.8. The van der Waals surface area contributed by atoms with E-state index in [1.165, 1.54) is 77.0 Å². The van der Waals surface area contributed by atoms with E-state index in [-0.39, 0.29) is 36.2 Å². The van der Waals surface area contributed by atoms with E-state index in [1.54, 1.807) is 0 Å². The Morgan fingerprint density at radius 1 is 0.608 bits per heavy atom. The lowest BCUT2D eigenvalue weighted by molar-refractivity contribution is -0.887. The number of esters is 2. The Kier molecular flexibility index (Phi) is 33.4. The zero-order valence-electron chi connectivity index (χ0n) is 33.8. The Labute approximate surface area is 313 Å². The molecule has 0 aromatic rings. The van der Waals surface area contributed by atoms with Gasteiger partial charge in [0.25, 0.3) is 0 Å². The highest BCUT2D eigenvalue weighted by atomic mass is 16.6. The monoisotopic (exact) mass is 723 g/mol. The molecular formula is C43H80NO7+. The van der Waals surface area contributed by atoms with Crippen LogP contribution in [0.4, 0.5) is 0 Å². The number of carbonyl (C=O) groups is 3. The number of hydrogen-bond donors (Lipinski definition) is 1. The van der Waals surface area contributed by atoms with E-state index < -0.39 is 18.1 Å². The van der Waals surface area contributed by atoms with Crippen LogP contribution in [-0.2, 0) is 28.6 Å². The second-order valence-electron chi connectivity index (χ2n) is 15.2.